The van der Waals surface area contributed by atoms with Crippen LogP contribution in [0, 0.1) is 0 Å². The van der Waals surface area contributed by atoms with Crippen LogP contribution in [-0.2, 0) is 26.2 Å². The van der Waals surface area contributed by atoms with Crippen molar-refractivity contribution in [2.75, 3.05) is 12.9 Å². The smallest absolute Gasteiger partial charge is 0.462 e. The van der Waals surface area contributed by atoms with E-state index < -0.39 is 28.0 Å². The quantitative estimate of drug-likeness (QED) is 0.407. The Labute approximate surface area is 147 Å². The minimum Gasteiger partial charge on any atom is -0.462 e. The summed E-state index contributed by atoms with van der Waals surface area (Å²) in [5, 5.41) is 6.60. The lowest BCUT2D eigenvalue weighted by Gasteiger charge is -2.06. The van der Waals surface area contributed by atoms with Crippen LogP contribution in [0.2, 0.25) is 0 Å². The van der Waals surface area contributed by atoms with Crippen LogP contribution in [-0.4, -0.2) is 55.0 Å². The van der Waals surface area contributed by atoms with E-state index in [1.807, 2.05) is 13.8 Å². The van der Waals surface area contributed by atoms with Gasteiger partial charge in [-0.25, -0.2) is 4.79 Å². The molecule has 1 amide bonds. The van der Waals surface area contributed by atoms with Gasteiger partial charge in [-0.05, 0) is 18.9 Å². The Kier molecular flexibility index (Phi) is 9.13. The summed E-state index contributed by atoms with van der Waals surface area (Å²) in [7, 11) is -3.33. The SMILES string of the molecule is CC(C)NC(=O)c1cc[n+](CCS(=O)(=O)O)nc1.COC(=O)C(F)(F)F. The van der Waals surface area contributed by atoms with E-state index in [1.165, 1.54) is 23.1 Å². The van der Waals surface area contributed by atoms with E-state index in [0.29, 0.717) is 12.7 Å². The molecule has 0 bridgehead atoms. The second-order valence-corrected chi connectivity index (χ2v) is 6.65. The number of carbonyl (C=O) groups excluding carboxylic acids is 2. The number of rotatable bonds is 5. The highest BCUT2D eigenvalue weighted by atomic mass is 32.2. The zero-order valence-electron chi connectivity index (χ0n) is 14.1. The fourth-order valence-corrected chi connectivity index (χ4v) is 1.74. The average Bonchev–Trinajstić information content (AvgIpc) is 2.51. The lowest BCUT2D eigenvalue weighted by molar-refractivity contribution is -0.750. The fourth-order valence-electron chi connectivity index (χ4n) is 1.32. The third-order valence-corrected chi connectivity index (χ3v) is 3.15. The van der Waals surface area contributed by atoms with E-state index in [2.05, 4.69) is 15.2 Å². The molecule has 2 N–H and O–H groups in total. The number of aromatic nitrogens is 2. The van der Waals surface area contributed by atoms with Crippen molar-refractivity contribution in [2.24, 2.45) is 0 Å². The molecule has 0 fully saturated rings. The van der Waals surface area contributed by atoms with Crippen molar-refractivity contribution in [3.8, 4) is 0 Å². The van der Waals surface area contributed by atoms with E-state index in [0.717, 1.165) is 0 Å². The third-order valence-electron chi connectivity index (χ3n) is 2.45. The summed E-state index contributed by atoms with van der Waals surface area (Å²) in [6.07, 6.45) is -2.02. The molecule has 0 saturated heterocycles. The fraction of sp³-hybridized carbons (Fsp3) is 0.538. The lowest BCUT2D eigenvalue weighted by Crippen LogP contribution is -2.41. The van der Waals surface area contributed by atoms with E-state index >= 15 is 0 Å². The molecule has 0 radical (unpaired) electrons. The van der Waals surface area contributed by atoms with Gasteiger partial charge in [0.1, 0.15) is 11.9 Å². The molecule has 0 atom stereocenters. The standard InChI is InChI=1S/C10H15N3O4S.C3H3F3O2/c1-8(2)12-10(14)9-3-4-13(11-7-9)5-6-18(15,16)17;1-8-2(7)3(4,5)6/h3-4,7-8H,5-6H2,1-2H3,(H-,12,14,15,16,17);1H3/p+1. The molecule has 1 heterocycles. The van der Waals surface area contributed by atoms with Crippen LogP contribution in [0.3, 0.4) is 0 Å². The van der Waals surface area contributed by atoms with Gasteiger partial charge in [0.05, 0.1) is 12.7 Å². The van der Waals surface area contributed by atoms with Crippen molar-refractivity contribution in [3.05, 3.63) is 24.0 Å². The number of methoxy groups -OCH3 is 1. The van der Waals surface area contributed by atoms with Gasteiger partial charge >= 0.3 is 12.1 Å². The Balaban J connectivity index is 0.000000660. The lowest BCUT2D eigenvalue weighted by atomic mass is 10.2. The molecule has 0 saturated carbocycles. The van der Waals surface area contributed by atoms with E-state index in [9.17, 15) is 31.2 Å². The van der Waals surface area contributed by atoms with Crippen LogP contribution in [0.5, 0.6) is 0 Å². The molecule has 148 valence electrons. The Bertz CT molecular complexity index is 705. The zero-order chi connectivity index (χ0) is 20.5. The van der Waals surface area contributed by atoms with Crippen molar-refractivity contribution in [2.45, 2.75) is 32.6 Å². The molecule has 1 rings (SSSR count). The molecular weight excluding hydrogens is 383 g/mol. The first-order chi connectivity index (χ1) is 11.8. The number of amides is 1. The number of esters is 1. The number of hydrogen-bond acceptors (Lipinski definition) is 6. The number of alkyl halides is 3. The number of halogens is 3. The third kappa shape index (κ3) is 10.6. The summed E-state index contributed by atoms with van der Waals surface area (Å²) < 4.78 is 67.3. The maximum absolute atomic E-state index is 11.6. The van der Waals surface area contributed by atoms with Gasteiger partial charge in [-0.2, -0.15) is 21.6 Å². The van der Waals surface area contributed by atoms with E-state index in [1.54, 1.807) is 0 Å². The Morgan fingerprint density at radius 1 is 1.38 bits per heavy atom. The summed E-state index contributed by atoms with van der Waals surface area (Å²) in [4.78, 5) is 21.1. The van der Waals surface area contributed by atoms with Crippen molar-refractivity contribution < 1.29 is 45.1 Å². The van der Waals surface area contributed by atoms with Gasteiger partial charge in [-0.1, -0.05) is 4.68 Å². The monoisotopic (exact) mass is 402 g/mol. The van der Waals surface area contributed by atoms with Crippen LogP contribution in [0.25, 0.3) is 0 Å². The summed E-state index contributed by atoms with van der Waals surface area (Å²) in [6.45, 7) is 3.73. The predicted molar refractivity (Wildman–Crippen MR) is 81.5 cm³/mol. The van der Waals surface area contributed by atoms with Crippen LogP contribution < -0.4 is 10.00 Å². The molecule has 0 spiro atoms. The van der Waals surface area contributed by atoms with Crippen molar-refractivity contribution >= 4 is 22.0 Å². The molecular formula is C13H19F3N3O6S+. The van der Waals surface area contributed by atoms with E-state index in [4.69, 9.17) is 4.55 Å². The normalized spacial score (nSPS) is 11.4. The topological polar surface area (TPSA) is 127 Å². The number of hydrogen-bond donors (Lipinski definition) is 2. The molecule has 0 unspecified atom stereocenters. The molecule has 0 aliphatic rings. The number of aryl methyl sites for hydroxylation is 1. The number of nitrogens with zero attached hydrogens (tertiary/aromatic N) is 2. The molecule has 1 aromatic rings. The van der Waals surface area contributed by atoms with Gasteiger partial charge < -0.3 is 10.1 Å². The molecule has 0 aliphatic carbocycles. The molecule has 0 aromatic carbocycles. The Morgan fingerprint density at radius 2 is 1.96 bits per heavy atom. The number of carbonyl (C=O) groups is 2. The van der Waals surface area contributed by atoms with Crippen molar-refractivity contribution in [1.29, 1.82) is 0 Å². The van der Waals surface area contributed by atoms with Crippen LogP contribution in [0.1, 0.15) is 24.2 Å². The molecule has 1 aromatic heterocycles. The summed E-state index contributed by atoms with van der Waals surface area (Å²) in [5.74, 6) is -2.82. The molecule has 26 heavy (non-hydrogen) atoms. The van der Waals surface area contributed by atoms with Gasteiger partial charge in [0, 0.05) is 12.1 Å². The Hall–Kier alpha value is -2.28. The van der Waals surface area contributed by atoms with Crippen molar-refractivity contribution in [3.63, 3.8) is 0 Å². The Morgan fingerprint density at radius 3 is 2.27 bits per heavy atom. The predicted octanol–water partition coefficient (Wildman–Crippen LogP) is 0.117. The second-order valence-electron chi connectivity index (χ2n) is 5.08. The maximum atomic E-state index is 11.6. The summed E-state index contributed by atoms with van der Waals surface area (Å²) >= 11 is 0. The minimum atomic E-state index is -4.85. The van der Waals surface area contributed by atoms with Crippen molar-refractivity contribution in [1.82, 2.24) is 10.4 Å². The number of nitrogens with one attached hydrogen (secondary N) is 1. The van der Waals surface area contributed by atoms with Gasteiger partial charge in [0.25, 0.3) is 16.0 Å². The largest absolute Gasteiger partial charge is 0.490 e. The maximum Gasteiger partial charge on any atom is 0.490 e. The van der Waals surface area contributed by atoms with Crippen LogP contribution >= 0.6 is 0 Å². The first-order valence-electron chi connectivity index (χ1n) is 7.03. The molecule has 13 heteroatoms. The molecule has 0 aliphatic heterocycles. The number of ether oxygens (including phenoxy) is 1. The minimum absolute atomic E-state index is 0.0318. The van der Waals surface area contributed by atoms with Gasteiger partial charge in [0.15, 0.2) is 12.7 Å². The van der Waals surface area contributed by atoms with E-state index in [-0.39, 0.29) is 18.5 Å². The highest BCUT2D eigenvalue weighted by molar-refractivity contribution is 7.85. The first-order valence-corrected chi connectivity index (χ1v) is 8.64. The van der Waals surface area contributed by atoms with Gasteiger partial charge in [-0.3, -0.25) is 9.35 Å². The molecule has 9 nitrogen and oxygen atoms in total. The van der Waals surface area contributed by atoms with Gasteiger partial charge in [0.2, 0.25) is 0 Å². The van der Waals surface area contributed by atoms with Gasteiger partial charge in [-0.15, -0.1) is 0 Å². The summed E-state index contributed by atoms with van der Waals surface area (Å²) in [6, 6.07) is 1.57. The summed E-state index contributed by atoms with van der Waals surface area (Å²) in [5.41, 5.74) is 0.395. The highest BCUT2D eigenvalue weighted by Crippen LogP contribution is 2.15. The zero-order valence-corrected chi connectivity index (χ0v) is 15.0. The first kappa shape index (κ1) is 23.7. The van der Waals surface area contributed by atoms with Crippen LogP contribution in [0.15, 0.2) is 18.5 Å². The second kappa shape index (κ2) is 10.0. The highest BCUT2D eigenvalue weighted by Gasteiger charge is 2.40. The van der Waals surface area contributed by atoms with Crippen LogP contribution in [0.4, 0.5) is 13.2 Å². The average molecular weight is 402 g/mol.